The largest absolute Gasteiger partial charge is 0.364 e. The molecule has 0 bridgehead atoms. The van der Waals surface area contributed by atoms with E-state index in [1.165, 1.54) is 6.33 Å². The van der Waals surface area contributed by atoms with E-state index >= 15 is 0 Å². The van der Waals surface area contributed by atoms with Crippen LogP contribution in [0.2, 0.25) is 5.02 Å². The Morgan fingerprint density at radius 1 is 1.07 bits per heavy atom. The highest BCUT2D eigenvalue weighted by atomic mass is 35.5. The summed E-state index contributed by atoms with van der Waals surface area (Å²) in [6.07, 6.45) is 1.47. The zero-order chi connectivity index (χ0) is 18.6. The Balaban J connectivity index is 1.63. The first-order chi connectivity index (χ1) is 13.2. The smallest absolute Gasteiger partial charge is 0.162 e. The van der Waals surface area contributed by atoms with Gasteiger partial charge in [0.25, 0.3) is 0 Å². The average molecular weight is 376 g/mol. The lowest BCUT2D eigenvalue weighted by Crippen LogP contribution is -2.02. The highest BCUT2D eigenvalue weighted by molar-refractivity contribution is 6.30. The summed E-state index contributed by atoms with van der Waals surface area (Å²) in [6.45, 7) is 0.515. The highest BCUT2D eigenvalue weighted by Gasteiger charge is 2.13. The Labute approximate surface area is 160 Å². The second-order valence-electron chi connectivity index (χ2n) is 5.82. The van der Waals surface area contributed by atoms with Crippen LogP contribution in [0, 0.1) is 11.3 Å². The minimum absolute atomic E-state index is 0.515. The summed E-state index contributed by atoms with van der Waals surface area (Å²) >= 11 is 6.06. The number of nitrogens with one attached hydrogen (secondary N) is 3. The van der Waals surface area contributed by atoms with Crippen molar-refractivity contribution < 1.29 is 0 Å². The van der Waals surface area contributed by atoms with Crippen LogP contribution >= 0.6 is 11.6 Å². The number of H-pyrrole nitrogens is 1. The molecule has 2 aromatic carbocycles. The molecule has 0 amide bonds. The third kappa shape index (κ3) is 3.66. The fraction of sp³-hybridized carbons (Fsp3) is 0.0526. The van der Waals surface area contributed by atoms with Crippen molar-refractivity contribution in [3.05, 3.63) is 71.0 Å². The lowest BCUT2D eigenvalue weighted by Gasteiger charge is -2.09. The summed E-state index contributed by atoms with van der Waals surface area (Å²) in [5.74, 6) is 1.24. The molecule has 2 heterocycles. The van der Waals surface area contributed by atoms with Gasteiger partial charge in [-0.05, 0) is 35.9 Å². The van der Waals surface area contributed by atoms with Crippen LogP contribution in [-0.4, -0.2) is 20.2 Å². The molecule has 132 valence electrons. The molecule has 0 saturated heterocycles. The molecule has 0 saturated carbocycles. The number of nitrogens with zero attached hydrogens (tertiary/aromatic N) is 4. The summed E-state index contributed by atoms with van der Waals surface area (Å²) in [6, 6.07) is 16.9. The van der Waals surface area contributed by atoms with Crippen LogP contribution in [0.4, 0.5) is 17.3 Å². The predicted molar refractivity (Wildman–Crippen MR) is 105 cm³/mol. The van der Waals surface area contributed by atoms with Crippen LogP contribution in [-0.2, 0) is 6.54 Å². The molecule has 0 aliphatic heterocycles. The summed E-state index contributed by atoms with van der Waals surface area (Å²) in [7, 11) is 0. The fourth-order valence-corrected chi connectivity index (χ4v) is 2.91. The van der Waals surface area contributed by atoms with Gasteiger partial charge >= 0.3 is 0 Å². The summed E-state index contributed by atoms with van der Waals surface area (Å²) in [4.78, 5) is 8.56. The van der Waals surface area contributed by atoms with Crippen LogP contribution < -0.4 is 10.6 Å². The van der Waals surface area contributed by atoms with Crippen LogP contribution in [0.15, 0.2) is 54.9 Å². The van der Waals surface area contributed by atoms with Crippen LogP contribution in [0.5, 0.6) is 0 Å². The van der Waals surface area contributed by atoms with E-state index in [4.69, 9.17) is 16.9 Å². The second-order valence-corrected chi connectivity index (χ2v) is 6.26. The van der Waals surface area contributed by atoms with Gasteiger partial charge in [-0.15, -0.1) is 0 Å². The minimum Gasteiger partial charge on any atom is -0.364 e. The number of hydrogen-bond acceptors (Lipinski definition) is 6. The first kappa shape index (κ1) is 16.8. The molecule has 0 fully saturated rings. The predicted octanol–water partition coefficient (Wildman–Crippen LogP) is 4.23. The van der Waals surface area contributed by atoms with Gasteiger partial charge in [0.05, 0.1) is 11.6 Å². The number of aromatic nitrogens is 4. The van der Waals surface area contributed by atoms with Crippen molar-refractivity contribution in [2.24, 2.45) is 0 Å². The number of hydrogen-bond donors (Lipinski definition) is 3. The van der Waals surface area contributed by atoms with Crippen LogP contribution in [0.25, 0.3) is 11.0 Å². The Hall–Kier alpha value is -3.63. The van der Waals surface area contributed by atoms with Gasteiger partial charge in [-0.3, -0.25) is 5.10 Å². The molecule has 0 aliphatic carbocycles. The number of fused-ring (bicyclic) bond motifs is 1. The third-order valence-electron chi connectivity index (χ3n) is 3.96. The first-order valence-corrected chi connectivity index (χ1v) is 8.55. The average Bonchev–Trinajstić information content (AvgIpc) is 3.11. The zero-order valence-electron chi connectivity index (χ0n) is 14.1. The summed E-state index contributed by atoms with van der Waals surface area (Å²) < 4.78 is 0. The van der Waals surface area contributed by atoms with Gasteiger partial charge in [0.2, 0.25) is 0 Å². The van der Waals surface area contributed by atoms with Crippen molar-refractivity contribution >= 4 is 40.0 Å². The quantitative estimate of drug-likeness (QED) is 0.482. The number of benzene rings is 2. The molecule has 3 N–H and O–H groups in total. The maximum atomic E-state index is 9.03. The van der Waals surface area contributed by atoms with Gasteiger partial charge in [0, 0.05) is 17.3 Å². The van der Waals surface area contributed by atoms with Gasteiger partial charge in [0.15, 0.2) is 11.5 Å². The normalized spacial score (nSPS) is 10.5. The molecule has 4 aromatic rings. The van der Waals surface area contributed by atoms with Crippen molar-refractivity contribution in [2.75, 3.05) is 10.6 Å². The van der Waals surface area contributed by atoms with Crippen molar-refractivity contribution in [3.8, 4) is 6.07 Å². The van der Waals surface area contributed by atoms with Gasteiger partial charge in [-0.2, -0.15) is 10.4 Å². The van der Waals surface area contributed by atoms with Crippen LogP contribution in [0.3, 0.4) is 0 Å². The molecule has 2 aromatic heterocycles. The molecular weight excluding hydrogens is 362 g/mol. The lowest BCUT2D eigenvalue weighted by atomic mass is 10.1. The minimum atomic E-state index is 0.515. The van der Waals surface area contributed by atoms with E-state index in [1.807, 2.05) is 42.5 Å². The molecule has 0 radical (unpaired) electrons. The highest BCUT2D eigenvalue weighted by Crippen LogP contribution is 2.28. The van der Waals surface area contributed by atoms with Crippen molar-refractivity contribution in [1.29, 1.82) is 5.26 Å². The molecule has 27 heavy (non-hydrogen) atoms. The molecule has 0 atom stereocenters. The van der Waals surface area contributed by atoms with E-state index in [-0.39, 0.29) is 0 Å². The standard InChI is InChI=1S/C19H14ClN7/c20-14-5-2-6-15(8-14)25-17-16-18(26-27-19(16)24-11-23-17)22-10-13-4-1-3-12(7-13)9-21/h1-8,11H,10H2,(H3,22,23,24,25,26,27). The second kappa shape index (κ2) is 7.32. The van der Waals surface area contributed by atoms with Gasteiger partial charge in [0.1, 0.15) is 17.5 Å². The molecule has 8 heteroatoms. The Bertz CT molecular complexity index is 1150. The van der Waals surface area contributed by atoms with E-state index in [0.29, 0.717) is 34.4 Å². The molecule has 4 rings (SSSR count). The maximum Gasteiger partial charge on any atom is 0.162 e. The lowest BCUT2D eigenvalue weighted by molar-refractivity contribution is 1.05. The Kier molecular flexibility index (Phi) is 4.56. The first-order valence-electron chi connectivity index (χ1n) is 8.17. The number of halogens is 1. The van der Waals surface area contributed by atoms with E-state index in [2.05, 4.69) is 36.9 Å². The fourth-order valence-electron chi connectivity index (χ4n) is 2.72. The van der Waals surface area contributed by atoms with Crippen LogP contribution in [0.1, 0.15) is 11.1 Å². The molecular formula is C19H14ClN7. The van der Waals surface area contributed by atoms with E-state index in [9.17, 15) is 0 Å². The van der Waals surface area contributed by atoms with Crippen molar-refractivity contribution in [1.82, 2.24) is 20.2 Å². The van der Waals surface area contributed by atoms with Gasteiger partial charge in [-0.1, -0.05) is 29.8 Å². The molecule has 0 aliphatic rings. The van der Waals surface area contributed by atoms with Gasteiger partial charge < -0.3 is 10.6 Å². The SMILES string of the molecule is N#Cc1cccc(CNc2n[nH]c3ncnc(Nc4cccc(Cl)c4)c23)c1. The third-order valence-corrected chi connectivity index (χ3v) is 4.20. The molecule has 7 nitrogen and oxygen atoms in total. The van der Waals surface area contributed by atoms with E-state index in [0.717, 1.165) is 16.6 Å². The topological polar surface area (TPSA) is 102 Å². The van der Waals surface area contributed by atoms with Crippen molar-refractivity contribution in [3.63, 3.8) is 0 Å². The summed E-state index contributed by atoms with van der Waals surface area (Å²) in [5, 5.41) is 24.1. The van der Waals surface area contributed by atoms with E-state index < -0.39 is 0 Å². The maximum absolute atomic E-state index is 9.03. The number of aromatic amines is 1. The Morgan fingerprint density at radius 2 is 1.96 bits per heavy atom. The number of nitriles is 1. The van der Waals surface area contributed by atoms with Crippen molar-refractivity contribution in [2.45, 2.75) is 6.54 Å². The summed E-state index contributed by atoms with van der Waals surface area (Å²) in [5.41, 5.74) is 3.03. The Morgan fingerprint density at radius 3 is 2.81 bits per heavy atom. The zero-order valence-corrected chi connectivity index (χ0v) is 14.8. The van der Waals surface area contributed by atoms with Gasteiger partial charge in [-0.25, -0.2) is 9.97 Å². The number of rotatable bonds is 5. The number of anilines is 3. The molecule has 0 unspecified atom stereocenters. The monoisotopic (exact) mass is 375 g/mol. The van der Waals surface area contributed by atoms with E-state index in [1.54, 1.807) is 6.07 Å². The molecule has 0 spiro atoms.